The van der Waals surface area contributed by atoms with E-state index < -0.39 is 78.8 Å². The third-order valence-corrected chi connectivity index (χ3v) is 34.7. The van der Waals surface area contributed by atoms with Crippen molar-refractivity contribution in [3.63, 3.8) is 0 Å². The summed E-state index contributed by atoms with van der Waals surface area (Å²) < 4.78 is 134. The van der Waals surface area contributed by atoms with E-state index >= 15 is 35.1 Å². The van der Waals surface area contributed by atoms with Gasteiger partial charge in [-0.15, -0.1) is 0 Å². The minimum Gasteiger partial charge on any atom is -0.307 e. The number of rotatable bonds is 20. The minimum atomic E-state index is -1.77. The summed E-state index contributed by atoms with van der Waals surface area (Å²) in [7, 11) is -6.81. The molecule has 0 fully saturated rings. The number of nitriles is 2. The van der Waals surface area contributed by atoms with Crippen LogP contribution in [0, 0.1) is 82.3 Å². The highest BCUT2D eigenvalue weighted by Crippen LogP contribution is 2.53. The van der Waals surface area contributed by atoms with Gasteiger partial charge in [-0.25, -0.2) is 44.8 Å². The molecule has 140 heavy (non-hydrogen) atoms. The van der Waals surface area contributed by atoms with Crippen molar-refractivity contribution < 1.29 is 35.1 Å². The summed E-state index contributed by atoms with van der Waals surface area (Å²) in [6.45, 7) is 41.9. The van der Waals surface area contributed by atoms with Crippen molar-refractivity contribution in [3.05, 3.63) is 420 Å². The van der Waals surface area contributed by atoms with Crippen LogP contribution in [0.2, 0.25) is 78.6 Å². The molecule has 20 heteroatoms. The average molecular weight is 1910 g/mol. The van der Waals surface area contributed by atoms with Crippen molar-refractivity contribution >= 4 is 197 Å². The van der Waals surface area contributed by atoms with E-state index in [1.165, 1.54) is 58.9 Å². The maximum Gasteiger partial charge on any atom is 0.187 e. The lowest BCUT2D eigenvalue weighted by molar-refractivity contribution is 0.604. The van der Waals surface area contributed by atoms with Crippen LogP contribution in [0.25, 0.3) is 119 Å². The van der Waals surface area contributed by atoms with Gasteiger partial charge in [-0.2, -0.15) is 10.5 Å². The molecule has 0 heterocycles. The smallest absolute Gasteiger partial charge is 0.187 e. The summed E-state index contributed by atoms with van der Waals surface area (Å²) in [5, 5.41) is 33.7. The van der Waals surface area contributed by atoms with Crippen molar-refractivity contribution in [1.82, 2.24) is 0 Å². The second-order valence-corrected chi connectivity index (χ2v) is 59.9. The van der Waals surface area contributed by atoms with Crippen molar-refractivity contribution in [1.29, 1.82) is 10.5 Å². The number of anilines is 12. The largest absolute Gasteiger partial charge is 0.307 e. The molecule has 0 saturated carbocycles. The van der Waals surface area contributed by atoms with Crippen LogP contribution >= 0.6 is 0 Å². The van der Waals surface area contributed by atoms with Crippen molar-refractivity contribution in [2.45, 2.75) is 78.6 Å². The topological polar surface area (TPSA) is 69.3 Å². The first-order valence-corrected chi connectivity index (χ1v) is 60.0. The number of benzene rings is 20. The molecule has 0 aromatic heterocycles. The van der Waals surface area contributed by atoms with Crippen LogP contribution in [0.15, 0.2) is 340 Å². The van der Waals surface area contributed by atoms with E-state index in [4.69, 9.17) is 13.1 Å². The molecular weight excluding hydrogens is 1820 g/mol. The summed E-state index contributed by atoms with van der Waals surface area (Å²) in [5.41, 5.74) is 8.66. The third-order valence-electron chi connectivity index (χ3n) is 26.5. The Bertz CT molecular complexity index is 8000. The summed E-state index contributed by atoms with van der Waals surface area (Å²) in [6, 6.07) is 103. The maximum atomic E-state index is 17.0. The summed E-state index contributed by atoms with van der Waals surface area (Å²) in [5.74, 6) is -4.95. The Labute approximate surface area is 812 Å². The molecule has 0 unspecified atom stereocenters. The van der Waals surface area contributed by atoms with Crippen LogP contribution in [-0.2, 0) is 0 Å². The predicted octanol–water partition coefficient (Wildman–Crippen LogP) is 33.9. The molecule has 0 radical (unpaired) electrons. The Balaban J connectivity index is 0.000000178. The molecule has 0 aliphatic rings. The summed E-state index contributed by atoms with van der Waals surface area (Å²) in [6.07, 6.45) is 0. The minimum absolute atomic E-state index is 0.0194. The molecule has 684 valence electrons. The first-order valence-electron chi connectivity index (χ1n) is 46.0. The highest BCUT2D eigenvalue weighted by atomic mass is 28.3. The molecular formula is C120H92F8N8Si4. The second kappa shape index (κ2) is 36.5. The molecule has 0 bridgehead atoms. The fourth-order valence-electron chi connectivity index (χ4n) is 19.0. The zero-order valence-corrected chi connectivity index (χ0v) is 82.9. The van der Waals surface area contributed by atoms with Crippen LogP contribution < -0.4 is 40.3 Å². The fourth-order valence-corrected chi connectivity index (χ4v) is 23.7. The Morgan fingerprint density at radius 3 is 0.700 bits per heavy atom. The Morgan fingerprint density at radius 2 is 0.464 bits per heavy atom. The van der Waals surface area contributed by atoms with Gasteiger partial charge in [-0.05, 0) is 187 Å². The van der Waals surface area contributed by atoms with E-state index in [1.54, 1.807) is 129 Å². The highest BCUT2D eigenvalue weighted by molar-refractivity contribution is 6.90. The highest BCUT2D eigenvalue weighted by Gasteiger charge is 2.33. The molecule has 0 amide bonds. The quantitative estimate of drug-likeness (QED) is 0.0328. The Kier molecular flexibility index (Phi) is 24.2. The molecule has 20 rings (SSSR count). The van der Waals surface area contributed by atoms with Gasteiger partial charge in [0, 0.05) is 90.8 Å². The van der Waals surface area contributed by atoms with Gasteiger partial charge in [0.2, 0.25) is 0 Å². The van der Waals surface area contributed by atoms with E-state index in [1.807, 2.05) is 182 Å². The van der Waals surface area contributed by atoms with E-state index in [-0.39, 0.29) is 45.0 Å². The van der Waals surface area contributed by atoms with Gasteiger partial charge in [-0.1, -0.05) is 293 Å². The molecule has 20 aromatic rings. The van der Waals surface area contributed by atoms with E-state index in [0.717, 1.165) is 75.0 Å². The lowest BCUT2D eigenvalue weighted by atomic mass is 9.91. The zero-order chi connectivity index (χ0) is 98.4. The summed E-state index contributed by atoms with van der Waals surface area (Å²) in [4.78, 5) is 13.9. The van der Waals surface area contributed by atoms with Gasteiger partial charge in [-0.3, -0.25) is 0 Å². The van der Waals surface area contributed by atoms with Crippen molar-refractivity contribution in [2.75, 3.05) is 19.6 Å². The van der Waals surface area contributed by atoms with Crippen molar-refractivity contribution in [3.8, 4) is 56.6 Å². The average Bonchev–Trinajstić information content (AvgIpc) is 0.718. The number of halogens is 8. The van der Waals surface area contributed by atoms with Gasteiger partial charge in [0.25, 0.3) is 0 Å². The number of hydrogen-bond acceptors (Lipinski definition) is 6. The molecule has 0 N–H and O–H groups in total. The molecule has 0 aliphatic carbocycles. The van der Waals surface area contributed by atoms with Gasteiger partial charge < -0.3 is 19.6 Å². The lowest BCUT2D eigenvalue weighted by Crippen LogP contribution is -2.37. The first kappa shape index (κ1) is 93.0. The molecule has 0 saturated heterocycles. The fraction of sp³-hybridized carbons (Fsp3) is 0.100. The second-order valence-electron chi connectivity index (χ2n) is 39.5. The molecule has 0 aliphatic heterocycles. The maximum absolute atomic E-state index is 17.0. The lowest BCUT2D eigenvalue weighted by Gasteiger charge is -2.30. The summed E-state index contributed by atoms with van der Waals surface area (Å²) >= 11 is 0. The molecule has 20 aromatic carbocycles. The van der Waals surface area contributed by atoms with E-state index in [2.05, 4.69) is 100 Å². The van der Waals surface area contributed by atoms with Crippen LogP contribution in [0.1, 0.15) is 11.1 Å². The zero-order valence-electron chi connectivity index (χ0n) is 78.9. The Hall–Kier alpha value is -16.1. The normalized spacial score (nSPS) is 11.8. The Morgan fingerprint density at radius 1 is 0.229 bits per heavy atom. The van der Waals surface area contributed by atoms with Gasteiger partial charge >= 0.3 is 0 Å². The van der Waals surface area contributed by atoms with Gasteiger partial charge in [0.1, 0.15) is 46.5 Å². The van der Waals surface area contributed by atoms with Crippen LogP contribution in [0.3, 0.4) is 0 Å². The SMILES string of the molecule is [C-]#[N+]c1ccc(N(c2cc(F)c(-c3ccc([Si](C)(C)C)cc3)cc2F)c2ccc3ccc4c(N(c5ccc(C#N)cc5)c5cc(F)c(-c6ccc([Si](C)(C)C)cc6)cc5F)ccc5ccc2c3c54)cc1.[C-]#[N+]c1ccc(N(c2cc(F)c(-c3cccc([Si](C)(C)C)c3)cc2F)c2ccc3ccc4c(N(c5ccc(C#N)cc5)c5cc(F)c(-c6cccc([Si](C)(C)C)c6)cc5F)ccc5ccc2c3c54)cc1. The molecule has 8 nitrogen and oxygen atoms in total. The monoisotopic (exact) mass is 1910 g/mol. The first-order chi connectivity index (χ1) is 67.0. The van der Waals surface area contributed by atoms with Crippen molar-refractivity contribution in [2.24, 2.45) is 0 Å². The van der Waals surface area contributed by atoms with E-state index in [0.29, 0.717) is 90.3 Å². The van der Waals surface area contributed by atoms with Gasteiger partial charge in [0.15, 0.2) is 11.4 Å². The van der Waals surface area contributed by atoms with Crippen LogP contribution in [0.4, 0.5) is 115 Å². The van der Waals surface area contributed by atoms with Crippen LogP contribution in [-0.4, -0.2) is 32.3 Å². The predicted molar refractivity (Wildman–Crippen MR) is 574 cm³/mol. The third kappa shape index (κ3) is 17.4. The standard InChI is InChI=1S/2C60H46F4N4Si2/c1-66-42-18-22-44(23-19-42)68(58-35-52(62)50(33-54(58)64)39-12-26-46(27-13-39)70(5,6)7)56-31-17-41-14-28-47-55(30-16-40-15-29-48(56)60(41)59(40)47)67(43-20-8-37(36-65)9-21-43)57-34-51(61)49(32-53(57)63)38-10-24-45(25-11-38)69(2,3)4;1-66-42-20-24-44(25-21-42)68(58-35-52(62)50(33-54(58)64)41-11-9-13-46(31-41)70(5,6)7)56-29-19-39-16-26-47-55(28-18-38-17-27-48(56)60(39)59(38)47)67(43-22-14-37(36-65)15-23-43)57-34-51(61)49(32-53(57)63)40-10-8-12-45(30-40)69(2,3)4/h2*8-35H,2-7H3. The number of hydrogen-bond donors (Lipinski definition) is 0. The van der Waals surface area contributed by atoms with E-state index in [9.17, 15) is 10.5 Å². The van der Waals surface area contributed by atoms with Gasteiger partial charge in [0.05, 0.1) is 114 Å². The molecule has 0 atom stereocenters. The number of nitrogens with zero attached hydrogens (tertiary/aromatic N) is 8. The molecule has 0 spiro atoms. The van der Waals surface area contributed by atoms with Crippen LogP contribution in [0.5, 0.6) is 0 Å².